The monoisotopic (exact) mass is 195 g/mol. The summed E-state index contributed by atoms with van der Waals surface area (Å²) < 4.78 is 33.9. The van der Waals surface area contributed by atoms with Crippen LogP contribution in [0.5, 0.6) is 0 Å². The number of hydrogen-bond acceptors (Lipinski definition) is 2. The van der Waals surface area contributed by atoms with Gasteiger partial charge in [-0.2, -0.15) is 13.2 Å². The highest BCUT2D eigenvalue weighted by Crippen LogP contribution is 2.29. The summed E-state index contributed by atoms with van der Waals surface area (Å²) in [5, 5.41) is 2.62. The fourth-order valence-corrected chi connectivity index (χ4v) is 0.806. The molecule has 0 aromatic heterocycles. The van der Waals surface area contributed by atoms with Gasteiger partial charge in [0, 0.05) is 12.3 Å². The van der Waals surface area contributed by atoms with Crippen LogP contribution >= 0.6 is 24.2 Å². The van der Waals surface area contributed by atoms with E-state index in [-0.39, 0.29) is 29.9 Å². The number of nitrogens with one attached hydrogen (secondary N) is 1. The van der Waals surface area contributed by atoms with Gasteiger partial charge in [-0.15, -0.1) is 12.4 Å². The maximum Gasteiger partial charge on any atom is 0.441 e. The molecule has 10 heavy (non-hydrogen) atoms. The molecule has 0 radical (unpaired) electrons. The Bertz CT molecular complexity index is 77.4. The molecule has 0 aromatic rings. The summed E-state index contributed by atoms with van der Waals surface area (Å²) in [5.74, 6) is 0.0833. The molecule has 0 aliphatic rings. The molecule has 0 fully saturated rings. The van der Waals surface area contributed by atoms with Crippen molar-refractivity contribution in [2.75, 3.05) is 19.3 Å². The van der Waals surface area contributed by atoms with Crippen molar-refractivity contribution in [3.8, 4) is 0 Å². The Labute approximate surface area is 68.2 Å². The number of rotatable bonds is 3. The number of hydrogen-bond donors (Lipinski definition) is 1. The van der Waals surface area contributed by atoms with Crippen LogP contribution in [0.2, 0.25) is 0 Å². The van der Waals surface area contributed by atoms with Crippen molar-refractivity contribution in [2.45, 2.75) is 5.51 Å². The van der Waals surface area contributed by atoms with Gasteiger partial charge in [0.25, 0.3) is 0 Å². The van der Waals surface area contributed by atoms with Crippen LogP contribution in [-0.4, -0.2) is 24.9 Å². The third-order valence-corrected chi connectivity index (χ3v) is 1.35. The van der Waals surface area contributed by atoms with Crippen LogP contribution in [0.25, 0.3) is 0 Å². The van der Waals surface area contributed by atoms with Gasteiger partial charge in [0.15, 0.2) is 0 Å². The van der Waals surface area contributed by atoms with E-state index in [0.29, 0.717) is 6.54 Å². The highest BCUT2D eigenvalue weighted by molar-refractivity contribution is 8.00. The lowest BCUT2D eigenvalue weighted by atomic mass is 10.8. The zero-order valence-corrected chi connectivity index (χ0v) is 7.00. The van der Waals surface area contributed by atoms with Gasteiger partial charge < -0.3 is 5.32 Å². The fourth-order valence-electron chi connectivity index (χ4n) is 0.269. The van der Waals surface area contributed by atoms with E-state index in [1.165, 1.54) is 0 Å². The van der Waals surface area contributed by atoms with Crippen LogP contribution in [0.15, 0.2) is 0 Å². The van der Waals surface area contributed by atoms with E-state index in [4.69, 9.17) is 0 Å². The average molecular weight is 196 g/mol. The van der Waals surface area contributed by atoms with Crippen LogP contribution < -0.4 is 5.32 Å². The van der Waals surface area contributed by atoms with Crippen molar-refractivity contribution in [3.63, 3.8) is 0 Å². The SMILES string of the molecule is CNCCSC(F)(F)F.Cl. The van der Waals surface area contributed by atoms with Gasteiger partial charge in [-0.05, 0) is 18.8 Å². The second kappa shape index (κ2) is 6.12. The minimum Gasteiger partial charge on any atom is -0.319 e. The lowest BCUT2D eigenvalue weighted by molar-refractivity contribution is -0.0327. The second-order valence-corrected chi connectivity index (χ2v) is 2.56. The molecule has 0 rings (SSSR count). The molecule has 0 heterocycles. The first-order valence-electron chi connectivity index (χ1n) is 2.41. The van der Waals surface area contributed by atoms with Crippen molar-refractivity contribution >= 4 is 24.2 Å². The molecule has 64 valence electrons. The lowest BCUT2D eigenvalue weighted by Crippen LogP contribution is -2.13. The van der Waals surface area contributed by atoms with Crippen molar-refractivity contribution in [3.05, 3.63) is 0 Å². The lowest BCUT2D eigenvalue weighted by Gasteiger charge is -2.03. The van der Waals surface area contributed by atoms with E-state index in [1.54, 1.807) is 7.05 Å². The summed E-state index contributed by atoms with van der Waals surface area (Å²) in [5.41, 5.74) is -4.07. The Morgan fingerprint density at radius 3 is 2.20 bits per heavy atom. The summed E-state index contributed by atoms with van der Waals surface area (Å²) in [7, 11) is 1.62. The minimum atomic E-state index is -4.07. The van der Waals surface area contributed by atoms with E-state index < -0.39 is 5.51 Å². The average Bonchev–Trinajstić information content (AvgIpc) is 1.63. The normalized spacial score (nSPS) is 10.8. The van der Waals surface area contributed by atoms with E-state index in [1.807, 2.05) is 0 Å². The summed E-state index contributed by atoms with van der Waals surface area (Å²) >= 11 is -0.00435. The molecule has 1 nitrogen and oxygen atoms in total. The van der Waals surface area contributed by atoms with Gasteiger partial charge in [0.05, 0.1) is 0 Å². The van der Waals surface area contributed by atoms with Gasteiger partial charge in [-0.1, -0.05) is 0 Å². The Morgan fingerprint density at radius 1 is 1.40 bits per heavy atom. The summed E-state index contributed by atoms with van der Waals surface area (Å²) in [6.45, 7) is 0.393. The third kappa shape index (κ3) is 11.2. The van der Waals surface area contributed by atoms with Crippen LogP contribution in [0.3, 0.4) is 0 Å². The summed E-state index contributed by atoms with van der Waals surface area (Å²) in [4.78, 5) is 0. The molecule has 0 aliphatic carbocycles. The molecule has 0 unspecified atom stereocenters. The van der Waals surface area contributed by atoms with Crippen LogP contribution in [0, 0.1) is 0 Å². The first-order chi connectivity index (χ1) is 4.06. The van der Waals surface area contributed by atoms with Crippen molar-refractivity contribution in [2.24, 2.45) is 0 Å². The van der Waals surface area contributed by atoms with Gasteiger partial charge in [-0.3, -0.25) is 0 Å². The standard InChI is InChI=1S/C4H8F3NS.ClH/c1-8-2-3-9-4(5,6)7;/h8H,2-3H2,1H3;1H. The molecule has 0 amide bonds. The maximum atomic E-state index is 11.3. The molecule has 0 bridgehead atoms. The van der Waals surface area contributed by atoms with Crippen LogP contribution in [0.4, 0.5) is 13.2 Å². The molecular weight excluding hydrogens is 187 g/mol. The minimum absolute atomic E-state index is 0. The fraction of sp³-hybridized carbons (Fsp3) is 1.00. The van der Waals surface area contributed by atoms with Crippen molar-refractivity contribution < 1.29 is 13.2 Å². The maximum absolute atomic E-state index is 11.3. The molecule has 0 saturated heterocycles. The van der Waals surface area contributed by atoms with E-state index in [9.17, 15) is 13.2 Å². The summed E-state index contributed by atoms with van der Waals surface area (Å²) in [6, 6.07) is 0. The Kier molecular flexibility index (Phi) is 7.97. The Morgan fingerprint density at radius 2 is 1.90 bits per heavy atom. The molecule has 0 saturated carbocycles. The smallest absolute Gasteiger partial charge is 0.319 e. The second-order valence-electron chi connectivity index (χ2n) is 1.40. The Balaban J connectivity index is 0. The van der Waals surface area contributed by atoms with Crippen molar-refractivity contribution in [1.82, 2.24) is 5.32 Å². The van der Waals surface area contributed by atoms with Crippen molar-refractivity contribution in [1.29, 1.82) is 0 Å². The van der Waals surface area contributed by atoms with E-state index in [2.05, 4.69) is 5.32 Å². The van der Waals surface area contributed by atoms with Gasteiger partial charge >= 0.3 is 5.51 Å². The Hall–Kier alpha value is 0.390. The zero-order valence-electron chi connectivity index (χ0n) is 5.36. The summed E-state index contributed by atoms with van der Waals surface area (Å²) in [6.07, 6.45) is 0. The van der Waals surface area contributed by atoms with Crippen LogP contribution in [0.1, 0.15) is 0 Å². The highest BCUT2D eigenvalue weighted by Gasteiger charge is 2.26. The molecule has 0 aromatic carbocycles. The van der Waals surface area contributed by atoms with E-state index in [0.717, 1.165) is 0 Å². The molecule has 0 atom stereocenters. The molecule has 6 heteroatoms. The van der Waals surface area contributed by atoms with Gasteiger partial charge in [0.2, 0.25) is 0 Å². The quantitative estimate of drug-likeness (QED) is 0.691. The number of halogens is 4. The predicted octanol–water partition coefficient (Wildman–Crippen LogP) is 1.88. The third-order valence-electron chi connectivity index (χ3n) is 0.618. The first kappa shape index (κ1) is 13.0. The predicted molar refractivity (Wildman–Crippen MR) is 39.7 cm³/mol. The molecular formula is C4H9ClF3NS. The molecule has 0 spiro atoms. The molecule has 0 aliphatic heterocycles. The van der Waals surface area contributed by atoms with Gasteiger partial charge in [-0.25, -0.2) is 0 Å². The zero-order chi connectivity index (χ0) is 7.33. The molecule has 1 N–H and O–H groups in total. The number of alkyl halides is 3. The van der Waals surface area contributed by atoms with Crippen LogP contribution in [-0.2, 0) is 0 Å². The number of thioether (sulfide) groups is 1. The largest absolute Gasteiger partial charge is 0.441 e. The van der Waals surface area contributed by atoms with Gasteiger partial charge in [0.1, 0.15) is 0 Å². The van der Waals surface area contributed by atoms with E-state index >= 15 is 0 Å². The highest BCUT2D eigenvalue weighted by atomic mass is 35.5. The first-order valence-corrected chi connectivity index (χ1v) is 3.40. The topological polar surface area (TPSA) is 12.0 Å².